The van der Waals surface area contributed by atoms with Crippen LogP contribution in [0, 0.1) is 0 Å². The Labute approximate surface area is 83.7 Å². The highest BCUT2D eigenvalue weighted by Crippen LogP contribution is 2.17. The highest BCUT2D eigenvalue weighted by molar-refractivity contribution is 5.77. The Morgan fingerprint density at radius 1 is 1.36 bits per heavy atom. The Morgan fingerprint density at radius 3 is 3.00 bits per heavy atom. The van der Waals surface area contributed by atoms with E-state index in [0.717, 1.165) is 23.8 Å². The number of fused-ring (bicyclic) bond motifs is 1. The second-order valence-corrected chi connectivity index (χ2v) is 3.67. The van der Waals surface area contributed by atoms with Crippen LogP contribution < -0.4 is 5.73 Å². The van der Waals surface area contributed by atoms with Gasteiger partial charge in [-0.1, -0.05) is 13.0 Å². The molecule has 0 saturated heterocycles. The molecule has 14 heavy (non-hydrogen) atoms. The summed E-state index contributed by atoms with van der Waals surface area (Å²) in [7, 11) is 0. The second kappa shape index (κ2) is 3.84. The van der Waals surface area contributed by atoms with Gasteiger partial charge in [-0.25, -0.2) is 0 Å². The van der Waals surface area contributed by atoms with Crippen LogP contribution in [0.4, 0.5) is 0 Å². The van der Waals surface area contributed by atoms with Crippen molar-refractivity contribution in [3.63, 3.8) is 0 Å². The first-order valence-corrected chi connectivity index (χ1v) is 5.01. The largest absolute Gasteiger partial charge is 0.464 e. The summed E-state index contributed by atoms with van der Waals surface area (Å²) in [5.41, 5.74) is 8.13. The molecule has 1 heterocycles. The lowest BCUT2D eigenvalue weighted by molar-refractivity contribution is 0.615. The SMILES string of the molecule is CCC(N)Cc1ccc2occc2c1. The summed E-state index contributed by atoms with van der Waals surface area (Å²) in [5, 5.41) is 1.16. The van der Waals surface area contributed by atoms with Gasteiger partial charge < -0.3 is 10.2 Å². The van der Waals surface area contributed by atoms with Crippen LogP contribution in [-0.4, -0.2) is 6.04 Å². The third-order valence-corrected chi connectivity index (χ3v) is 2.54. The maximum atomic E-state index is 5.90. The predicted octanol–water partition coefficient (Wildman–Crippen LogP) is 2.71. The minimum atomic E-state index is 0.263. The molecule has 2 N–H and O–H groups in total. The van der Waals surface area contributed by atoms with E-state index in [4.69, 9.17) is 10.2 Å². The number of hydrogen-bond acceptors (Lipinski definition) is 2. The van der Waals surface area contributed by atoms with E-state index in [0.29, 0.717) is 0 Å². The number of benzene rings is 1. The number of hydrogen-bond donors (Lipinski definition) is 1. The van der Waals surface area contributed by atoms with Crippen molar-refractivity contribution in [3.8, 4) is 0 Å². The van der Waals surface area contributed by atoms with Crippen LogP contribution in [0.25, 0.3) is 11.0 Å². The highest BCUT2D eigenvalue weighted by atomic mass is 16.3. The lowest BCUT2D eigenvalue weighted by atomic mass is 10.0. The molecule has 0 saturated carbocycles. The van der Waals surface area contributed by atoms with Crippen molar-refractivity contribution in [3.05, 3.63) is 36.1 Å². The standard InChI is InChI=1S/C12H15NO/c1-2-11(13)8-9-3-4-12-10(7-9)5-6-14-12/h3-7,11H,2,8,13H2,1H3. The molecule has 0 fully saturated rings. The maximum absolute atomic E-state index is 5.90. The molecule has 0 radical (unpaired) electrons. The van der Waals surface area contributed by atoms with Gasteiger partial charge in [-0.05, 0) is 36.6 Å². The molecular formula is C12H15NO. The molecule has 2 rings (SSSR count). The molecule has 0 aliphatic heterocycles. The van der Waals surface area contributed by atoms with E-state index in [1.54, 1.807) is 6.26 Å². The van der Waals surface area contributed by atoms with Crippen LogP contribution in [0.2, 0.25) is 0 Å². The van der Waals surface area contributed by atoms with Crippen molar-refractivity contribution in [1.82, 2.24) is 0 Å². The van der Waals surface area contributed by atoms with Crippen molar-refractivity contribution >= 4 is 11.0 Å². The molecular weight excluding hydrogens is 174 g/mol. The molecule has 0 spiro atoms. The molecule has 74 valence electrons. The Bertz CT molecular complexity index is 419. The summed E-state index contributed by atoms with van der Waals surface area (Å²) in [6.07, 6.45) is 3.68. The normalized spacial score (nSPS) is 13.3. The Hall–Kier alpha value is -1.28. The van der Waals surface area contributed by atoms with E-state index < -0.39 is 0 Å². The fourth-order valence-electron chi connectivity index (χ4n) is 1.59. The molecule has 0 aliphatic rings. The van der Waals surface area contributed by atoms with Crippen LogP contribution in [-0.2, 0) is 6.42 Å². The summed E-state index contributed by atoms with van der Waals surface area (Å²) in [5.74, 6) is 0. The molecule has 1 aromatic heterocycles. The number of rotatable bonds is 3. The Balaban J connectivity index is 2.25. The van der Waals surface area contributed by atoms with Gasteiger partial charge >= 0.3 is 0 Å². The zero-order valence-corrected chi connectivity index (χ0v) is 8.36. The average molecular weight is 189 g/mol. The molecule has 0 aliphatic carbocycles. The minimum absolute atomic E-state index is 0.263. The molecule has 0 bridgehead atoms. The summed E-state index contributed by atoms with van der Waals surface area (Å²) < 4.78 is 5.27. The smallest absolute Gasteiger partial charge is 0.133 e. The van der Waals surface area contributed by atoms with Gasteiger partial charge in [0.25, 0.3) is 0 Å². The first-order valence-electron chi connectivity index (χ1n) is 5.01. The summed E-state index contributed by atoms with van der Waals surface area (Å²) >= 11 is 0. The van der Waals surface area contributed by atoms with Crippen LogP contribution >= 0.6 is 0 Å². The van der Waals surface area contributed by atoms with Gasteiger partial charge in [0.2, 0.25) is 0 Å². The van der Waals surface area contributed by atoms with Gasteiger partial charge in [0.15, 0.2) is 0 Å². The fraction of sp³-hybridized carbons (Fsp3) is 0.333. The lowest BCUT2D eigenvalue weighted by Crippen LogP contribution is -2.21. The first kappa shape index (κ1) is 9.28. The molecule has 0 amide bonds. The molecule has 2 heteroatoms. The molecule has 1 aromatic carbocycles. The van der Waals surface area contributed by atoms with E-state index >= 15 is 0 Å². The fourth-order valence-corrected chi connectivity index (χ4v) is 1.59. The summed E-state index contributed by atoms with van der Waals surface area (Å²) in [4.78, 5) is 0. The molecule has 1 atom stereocenters. The molecule has 2 aromatic rings. The third-order valence-electron chi connectivity index (χ3n) is 2.54. The number of furan rings is 1. The van der Waals surface area contributed by atoms with Crippen LogP contribution in [0.15, 0.2) is 34.9 Å². The van der Waals surface area contributed by atoms with Crippen LogP contribution in [0.1, 0.15) is 18.9 Å². The van der Waals surface area contributed by atoms with E-state index in [9.17, 15) is 0 Å². The maximum Gasteiger partial charge on any atom is 0.133 e. The van der Waals surface area contributed by atoms with Gasteiger partial charge in [0.05, 0.1) is 6.26 Å². The number of nitrogens with two attached hydrogens (primary N) is 1. The van der Waals surface area contributed by atoms with E-state index in [-0.39, 0.29) is 6.04 Å². The quantitative estimate of drug-likeness (QED) is 0.806. The van der Waals surface area contributed by atoms with E-state index in [1.165, 1.54) is 5.56 Å². The minimum Gasteiger partial charge on any atom is -0.464 e. The van der Waals surface area contributed by atoms with Crippen molar-refractivity contribution in [2.45, 2.75) is 25.8 Å². The Kier molecular flexibility index (Phi) is 2.55. The predicted molar refractivity (Wildman–Crippen MR) is 58.2 cm³/mol. The summed E-state index contributed by atoms with van der Waals surface area (Å²) in [6, 6.07) is 8.48. The highest BCUT2D eigenvalue weighted by Gasteiger charge is 2.03. The average Bonchev–Trinajstić information content (AvgIpc) is 2.64. The van der Waals surface area contributed by atoms with Crippen molar-refractivity contribution in [2.75, 3.05) is 0 Å². The van der Waals surface area contributed by atoms with E-state index in [1.807, 2.05) is 12.1 Å². The topological polar surface area (TPSA) is 39.2 Å². The van der Waals surface area contributed by atoms with Crippen LogP contribution in [0.3, 0.4) is 0 Å². The molecule has 1 unspecified atom stereocenters. The molecule has 2 nitrogen and oxygen atoms in total. The van der Waals surface area contributed by atoms with Gasteiger partial charge in [-0.15, -0.1) is 0 Å². The lowest BCUT2D eigenvalue weighted by Gasteiger charge is -2.07. The zero-order chi connectivity index (χ0) is 9.97. The first-order chi connectivity index (χ1) is 6.79. The monoisotopic (exact) mass is 189 g/mol. The zero-order valence-electron chi connectivity index (χ0n) is 8.36. The van der Waals surface area contributed by atoms with Crippen molar-refractivity contribution < 1.29 is 4.42 Å². The second-order valence-electron chi connectivity index (χ2n) is 3.67. The van der Waals surface area contributed by atoms with Crippen LogP contribution in [0.5, 0.6) is 0 Å². The third kappa shape index (κ3) is 1.80. The van der Waals surface area contributed by atoms with E-state index in [2.05, 4.69) is 19.1 Å². The van der Waals surface area contributed by atoms with Gasteiger partial charge in [0, 0.05) is 11.4 Å². The summed E-state index contributed by atoms with van der Waals surface area (Å²) in [6.45, 7) is 2.11. The Morgan fingerprint density at radius 2 is 2.21 bits per heavy atom. The van der Waals surface area contributed by atoms with Crippen molar-refractivity contribution in [2.24, 2.45) is 5.73 Å². The van der Waals surface area contributed by atoms with Gasteiger partial charge in [-0.3, -0.25) is 0 Å². The van der Waals surface area contributed by atoms with Crippen molar-refractivity contribution in [1.29, 1.82) is 0 Å². The van der Waals surface area contributed by atoms with Gasteiger partial charge in [-0.2, -0.15) is 0 Å². The van der Waals surface area contributed by atoms with Gasteiger partial charge in [0.1, 0.15) is 5.58 Å².